The van der Waals surface area contributed by atoms with Crippen LogP contribution in [0.25, 0.3) is 0 Å². The van der Waals surface area contributed by atoms with Gasteiger partial charge in [-0.25, -0.2) is 4.79 Å². The molecule has 0 amide bonds. The molecule has 0 radical (unpaired) electrons. The highest BCUT2D eigenvalue weighted by atomic mass is 16.4. The Kier molecular flexibility index (Phi) is 2.99. The van der Waals surface area contributed by atoms with Crippen molar-refractivity contribution in [3.05, 3.63) is 34.9 Å². The molecular formula is C11H10O4. The van der Waals surface area contributed by atoms with Crippen LogP contribution >= 0.6 is 0 Å². The first-order valence-electron chi connectivity index (χ1n) is 4.32. The van der Waals surface area contributed by atoms with Crippen molar-refractivity contribution >= 4 is 17.5 Å². The quantitative estimate of drug-likeness (QED) is 0.765. The Morgan fingerprint density at radius 2 is 1.53 bits per heavy atom. The topological polar surface area (TPSA) is 71.4 Å². The van der Waals surface area contributed by atoms with E-state index < -0.39 is 5.97 Å². The smallest absolute Gasteiger partial charge is 0.335 e. The van der Waals surface area contributed by atoms with Gasteiger partial charge in [-0.1, -0.05) is 0 Å². The molecule has 0 aromatic heterocycles. The van der Waals surface area contributed by atoms with Crippen molar-refractivity contribution < 1.29 is 19.5 Å². The van der Waals surface area contributed by atoms with Gasteiger partial charge >= 0.3 is 5.97 Å². The lowest BCUT2D eigenvalue weighted by atomic mass is 9.99. The van der Waals surface area contributed by atoms with E-state index in [9.17, 15) is 14.4 Å². The van der Waals surface area contributed by atoms with Crippen molar-refractivity contribution in [2.45, 2.75) is 13.8 Å². The Morgan fingerprint density at radius 1 is 1.00 bits per heavy atom. The summed E-state index contributed by atoms with van der Waals surface area (Å²) in [5.74, 6) is -1.69. The zero-order valence-corrected chi connectivity index (χ0v) is 8.40. The molecule has 78 valence electrons. The van der Waals surface area contributed by atoms with Gasteiger partial charge in [-0.2, -0.15) is 0 Å². The monoisotopic (exact) mass is 206 g/mol. The van der Waals surface area contributed by atoms with Crippen LogP contribution in [0.3, 0.4) is 0 Å². The van der Waals surface area contributed by atoms with E-state index in [-0.39, 0.29) is 28.3 Å². The van der Waals surface area contributed by atoms with Crippen LogP contribution in [0.4, 0.5) is 0 Å². The van der Waals surface area contributed by atoms with Crippen LogP contribution in [0.15, 0.2) is 18.2 Å². The van der Waals surface area contributed by atoms with E-state index in [4.69, 9.17) is 5.11 Å². The molecule has 1 aromatic rings. The van der Waals surface area contributed by atoms with Gasteiger partial charge in [0.25, 0.3) is 0 Å². The molecule has 4 nitrogen and oxygen atoms in total. The first-order chi connectivity index (χ1) is 6.93. The van der Waals surface area contributed by atoms with Gasteiger partial charge in [0, 0.05) is 11.1 Å². The second kappa shape index (κ2) is 4.04. The summed E-state index contributed by atoms with van der Waals surface area (Å²) in [6, 6.07) is 3.90. The third-order valence-corrected chi connectivity index (χ3v) is 2.03. The third kappa shape index (κ3) is 2.28. The van der Waals surface area contributed by atoms with Crippen LogP contribution in [0.5, 0.6) is 0 Å². The number of aromatic carboxylic acids is 1. The molecule has 0 atom stereocenters. The average Bonchev–Trinajstić information content (AvgIpc) is 2.16. The summed E-state index contributed by atoms with van der Waals surface area (Å²) in [6.45, 7) is 2.63. The van der Waals surface area contributed by atoms with Gasteiger partial charge in [-0.15, -0.1) is 0 Å². The molecule has 0 aliphatic carbocycles. The lowest BCUT2D eigenvalue weighted by Gasteiger charge is -2.04. The Morgan fingerprint density at radius 3 is 1.93 bits per heavy atom. The summed E-state index contributed by atoms with van der Waals surface area (Å²) < 4.78 is 0. The molecule has 0 fully saturated rings. The second-order valence-electron chi connectivity index (χ2n) is 3.18. The largest absolute Gasteiger partial charge is 0.478 e. The summed E-state index contributed by atoms with van der Waals surface area (Å²) in [6.07, 6.45) is 0. The maximum absolute atomic E-state index is 11.2. The standard InChI is InChI=1S/C11H10O4/c1-6(12)9-4-3-8(11(14)15)5-10(9)7(2)13/h3-5H,1-2H3,(H,14,15). The molecule has 0 heterocycles. The molecule has 0 unspecified atom stereocenters. The Hall–Kier alpha value is -1.97. The molecule has 1 rings (SSSR count). The van der Waals surface area contributed by atoms with Gasteiger partial charge in [0.15, 0.2) is 11.6 Å². The highest BCUT2D eigenvalue weighted by Gasteiger charge is 2.14. The second-order valence-corrected chi connectivity index (χ2v) is 3.18. The van der Waals surface area contributed by atoms with Crippen LogP contribution in [0, 0.1) is 0 Å². The molecule has 15 heavy (non-hydrogen) atoms. The van der Waals surface area contributed by atoms with E-state index in [2.05, 4.69) is 0 Å². The van der Waals surface area contributed by atoms with Gasteiger partial charge in [-0.05, 0) is 32.0 Å². The van der Waals surface area contributed by atoms with Crippen LogP contribution in [0.1, 0.15) is 44.9 Å². The summed E-state index contributed by atoms with van der Waals surface area (Å²) in [5.41, 5.74) is 0.417. The number of Topliss-reactive ketones (excluding diaryl/α,β-unsaturated/α-hetero) is 2. The highest BCUT2D eigenvalue weighted by Crippen LogP contribution is 2.13. The molecule has 4 heteroatoms. The lowest BCUT2D eigenvalue weighted by molar-refractivity contribution is 0.0696. The van der Waals surface area contributed by atoms with Gasteiger partial charge in [0.1, 0.15) is 0 Å². The van der Waals surface area contributed by atoms with Gasteiger partial charge in [0.2, 0.25) is 0 Å². The van der Waals surface area contributed by atoms with Crippen molar-refractivity contribution in [2.75, 3.05) is 0 Å². The van der Waals surface area contributed by atoms with Gasteiger partial charge < -0.3 is 5.11 Å². The zero-order valence-electron chi connectivity index (χ0n) is 8.40. The summed E-state index contributed by atoms with van der Waals surface area (Å²) in [5, 5.41) is 8.72. The van der Waals surface area contributed by atoms with E-state index in [0.29, 0.717) is 0 Å². The number of carbonyl (C=O) groups excluding carboxylic acids is 2. The van der Waals surface area contributed by atoms with Crippen LogP contribution in [-0.4, -0.2) is 22.6 Å². The predicted octanol–water partition coefficient (Wildman–Crippen LogP) is 1.79. The Bertz CT molecular complexity index is 446. The Balaban J connectivity index is 3.40. The highest BCUT2D eigenvalue weighted by molar-refractivity contribution is 6.08. The minimum absolute atomic E-state index is 0.00481. The number of hydrogen-bond donors (Lipinski definition) is 1. The fourth-order valence-electron chi connectivity index (χ4n) is 1.28. The van der Waals surface area contributed by atoms with Crippen LogP contribution in [0.2, 0.25) is 0 Å². The minimum Gasteiger partial charge on any atom is -0.478 e. The summed E-state index contributed by atoms with van der Waals surface area (Å²) in [7, 11) is 0. The lowest BCUT2D eigenvalue weighted by Crippen LogP contribution is -2.07. The molecule has 0 spiro atoms. The Labute approximate surface area is 86.5 Å². The van der Waals surface area contributed by atoms with Crippen molar-refractivity contribution in [1.82, 2.24) is 0 Å². The van der Waals surface area contributed by atoms with E-state index >= 15 is 0 Å². The van der Waals surface area contributed by atoms with Crippen molar-refractivity contribution in [1.29, 1.82) is 0 Å². The van der Waals surface area contributed by atoms with Gasteiger partial charge in [-0.3, -0.25) is 9.59 Å². The minimum atomic E-state index is -1.12. The zero-order chi connectivity index (χ0) is 11.6. The van der Waals surface area contributed by atoms with Crippen LogP contribution < -0.4 is 0 Å². The fourth-order valence-corrected chi connectivity index (χ4v) is 1.28. The summed E-state index contributed by atoms with van der Waals surface area (Å²) >= 11 is 0. The predicted molar refractivity (Wildman–Crippen MR) is 53.4 cm³/mol. The molecule has 0 saturated heterocycles. The van der Waals surface area contributed by atoms with E-state index in [1.54, 1.807) is 0 Å². The number of hydrogen-bond acceptors (Lipinski definition) is 3. The molecule has 1 N–H and O–H groups in total. The number of carboxylic acid groups (broad SMARTS) is 1. The van der Waals surface area contributed by atoms with E-state index in [1.165, 1.54) is 32.0 Å². The van der Waals surface area contributed by atoms with E-state index in [1.807, 2.05) is 0 Å². The molecular weight excluding hydrogens is 196 g/mol. The van der Waals surface area contributed by atoms with E-state index in [0.717, 1.165) is 0 Å². The van der Waals surface area contributed by atoms with Crippen molar-refractivity contribution in [2.24, 2.45) is 0 Å². The maximum atomic E-state index is 11.2. The normalized spacial score (nSPS) is 9.73. The summed E-state index contributed by atoms with van der Waals surface area (Å²) in [4.78, 5) is 33.0. The number of carbonyl (C=O) groups is 3. The first-order valence-corrected chi connectivity index (χ1v) is 4.32. The fraction of sp³-hybridized carbons (Fsp3) is 0.182. The molecule has 1 aromatic carbocycles. The number of carboxylic acids is 1. The maximum Gasteiger partial charge on any atom is 0.335 e. The first kappa shape index (κ1) is 11.1. The van der Waals surface area contributed by atoms with Gasteiger partial charge in [0.05, 0.1) is 5.56 Å². The van der Waals surface area contributed by atoms with Crippen LogP contribution in [-0.2, 0) is 0 Å². The number of ketones is 2. The number of benzene rings is 1. The third-order valence-electron chi connectivity index (χ3n) is 2.03. The molecule has 0 aliphatic heterocycles. The average molecular weight is 206 g/mol. The van der Waals surface area contributed by atoms with Crippen molar-refractivity contribution in [3.63, 3.8) is 0 Å². The van der Waals surface area contributed by atoms with Crippen molar-refractivity contribution in [3.8, 4) is 0 Å². The molecule has 0 saturated carbocycles. The molecule has 0 bridgehead atoms. The number of rotatable bonds is 3. The molecule has 0 aliphatic rings. The SMILES string of the molecule is CC(=O)c1ccc(C(=O)O)cc1C(C)=O.